The number of ketones is 1. The van der Waals surface area contributed by atoms with Crippen LogP contribution >= 0.6 is 30.1 Å². The van der Waals surface area contributed by atoms with Crippen LogP contribution in [0.5, 0.6) is 5.75 Å². The molecule has 0 aliphatic heterocycles. The van der Waals surface area contributed by atoms with E-state index in [0.717, 1.165) is 5.56 Å². The lowest BCUT2D eigenvalue weighted by atomic mass is 10.00. The second kappa shape index (κ2) is 8.24. The van der Waals surface area contributed by atoms with Crippen molar-refractivity contribution in [3.63, 3.8) is 0 Å². The Hall–Kier alpha value is 0.0925. The monoisotopic (exact) mass is 310 g/mol. The van der Waals surface area contributed by atoms with Gasteiger partial charge in [0.1, 0.15) is 5.75 Å². The van der Waals surface area contributed by atoms with E-state index in [1.807, 2.05) is 19.9 Å². The van der Waals surface area contributed by atoms with E-state index in [2.05, 4.69) is 0 Å². The van der Waals surface area contributed by atoms with E-state index in [-0.39, 0.29) is 11.5 Å². The first-order valence-electron chi connectivity index (χ1n) is 5.01. The summed E-state index contributed by atoms with van der Waals surface area (Å²) in [5.74, 6) is 0.346. The average molecular weight is 312 g/mol. The smallest absolute Gasteiger partial charge is 0.507 e. The first-order valence-corrected chi connectivity index (χ1v) is 10.3. The van der Waals surface area contributed by atoms with Crippen molar-refractivity contribution in [3.05, 3.63) is 29.3 Å². The normalized spacial score (nSPS) is 9.59. The summed E-state index contributed by atoms with van der Waals surface area (Å²) in [7, 11) is 14.8. The van der Waals surface area contributed by atoms with Gasteiger partial charge < -0.3 is 5.11 Å². The van der Waals surface area contributed by atoms with Crippen LogP contribution in [-0.2, 0) is 0 Å². The Morgan fingerprint density at radius 2 is 1.76 bits per heavy atom. The number of phenolic OH excluding ortho intramolecular Hbond substituents is 1. The van der Waals surface area contributed by atoms with Crippen LogP contribution in [0.4, 0.5) is 0 Å². The molecular weight excluding hydrogens is 297 g/mol. The highest BCUT2D eigenvalue weighted by Gasteiger charge is 2.08. The highest BCUT2D eigenvalue weighted by molar-refractivity contribution is 7.54. The number of benzene rings is 1. The Morgan fingerprint density at radius 3 is 2.06 bits per heavy atom. The molecule has 0 amide bonds. The molecule has 0 spiro atoms. The number of hydrogen-bond acceptors (Lipinski definition) is 2. The van der Waals surface area contributed by atoms with Crippen LogP contribution in [0.2, 0.25) is 0 Å². The molecule has 1 N–H and O–H groups in total. The van der Waals surface area contributed by atoms with Crippen LogP contribution in [0.15, 0.2) is 18.2 Å². The van der Waals surface area contributed by atoms with Crippen LogP contribution in [0.25, 0.3) is 0 Å². The van der Waals surface area contributed by atoms with Gasteiger partial charge in [-0.2, -0.15) is 0 Å². The Balaban J connectivity index is 0.000000557. The summed E-state index contributed by atoms with van der Waals surface area (Å²) in [5.41, 5.74) is 1.44. The lowest BCUT2D eigenvalue weighted by molar-refractivity contribution is 0.101. The zero-order valence-corrected chi connectivity index (χ0v) is 13.3. The molecule has 2 nitrogen and oxygen atoms in total. The zero-order chi connectivity index (χ0) is 13.6. The lowest BCUT2D eigenvalue weighted by Gasteiger charge is -2.07. The van der Waals surface area contributed by atoms with Crippen molar-refractivity contribution in [2.45, 2.75) is 26.7 Å². The minimum atomic E-state index is -1.72. The molecule has 1 aromatic carbocycles. The van der Waals surface area contributed by atoms with E-state index in [4.69, 9.17) is 30.1 Å². The highest BCUT2D eigenvalue weighted by Crippen LogP contribution is 2.23. The van der Waals surface area contributed by atoms with Crippen LogP contribution in [0.3, 0.4) is 0 Å². The molecule has 0 unspecified atom stereocenters. The third-order valence-corrected chi connectivity index (χ3v) is 2.07. The van der Waals surface area contributed by atoms with E-state index in [1.54, 1.807) is 12.1 Å². The van der Waals surface area contributed by atoms with Crippen LogP contribution in [-0.4, -0.2) is 22.3 Å². The number of phenols is 1. The Bertz CT molecular complexity index is 378. The van der Waals surface area contributed by atoms with E-state index in [1.165, 1.54) is 6.92 Å². The van der Waals surface area contributed by atoms with Crippen molar-refractivity contribution < 1.29 is 9.90 Å². The molecule has 0 radical (unpaired) electrons. The summed E-state index contributed by atoms with van der Waals surface area (Å²) in [6.45, 7) is 5.54. The quantitative estimate of drug-likeness (QED) is 0.649. The summed E-state index contributed by atoms with van der Waals surface area (Å²) >= 11 is -1.72. The summed E-state index contributed by atoms with van der Waals surface area (Å²) in [6, 6.07) is 5.20. The summed E-state index contributed by atoms with van der Waals surface area (Å²) in [6.07, 6.45) is 0. The van der Waals surface area contributed by atoms with E-state index in [0.29, 0.717) is 11.5 Å². The first kappa shape index (κ1) is 17.1. The van der Waals surface area contributed by atoms with Gasteiger partial charge in [0.15, 0.2) is 5.78 Å². The van der Waals surface area contributed by atoms with Crippen molar-refractivity contribution in [2.75, 3.05) is 0 Å². The topological polar surface area (TPSA) is 37.3 Å². The molecule has 0 aliphatic rings. The minimum absolute atomic E-state index is 0.0821. The van der Waals surface area contributed by atoms with Gasteiger partial charge in [0, 0.05) is 0 Å². The molecule has 0 saturated carbocycles. The first-order chi connectivity index (χ1) is 7.75. The molecule has 0 atom stereocenters. The van der Waals surface area contributed by atoms with Crippen molar-refractivity contribution >= 4 is 47.3 Å². The van der Waals surface area contributed by atoms with Crippen LogP contribution in [0.1, 0.15) is 42.6 Å². The Labute approximate surface area is 118 Å². The van der Waals surface area contributed by atoms with Gasteiger partial charge in [-0.05, 0) is 30.5 Å². The molecule has 0 aliphatic carbocycles. The van der Waals surface area contributed by atoms with Gasteiger partial charge in [0.25, 0.3) is 0 Å². The molecule has 0 bridgehead atoms. The van der Waals surface area contributed by atoms with E-state index in [9.17, 15) is 9.90 Å². The summed E-state index contributed by atoms with van der Waals surface area (Å²) in [5, 5.41) is 9.49. The number of aromatic hydroxyl groups is 1. The van der Waals surface area contributed by atoms with Crippen molar-refractivity contribution in [3.8, 4) is 5.75 Å². The van der Waals surface area contributed by atoms with Gasteiger partial charge in [-0.1, -0.05) is 19.9 Å². The second-order valence-corrected chi connectivity index (χ2v) is 10.2. The third kappa shape index (κ3) is 7.18. The standard InChI is InChI=1S/C11H14O2.Al.3ClH/c1-7(2)9-4-5-10(8(3)12)11(13)6-9;;;;/h4-7,13H,1-3H3;;3*1H/q;+3;;;/p-3. The Morgan fingerprint density at radius 1 is 1.29 bits per heavy atom. The van der Waals surface area contributed by atoms with Crippen molar-refractivity contribution in [1.29, 1.82) is 0 Å². The molecule has 1 aromatic rings. The van der Waals surface area contributed by atoms with Gasteiger partial charge in [-0.25, -0.2) is 30.1 Å². The number of hydrogen-bond donors (Lipinski definition) is 1. The highest BCUT2D eigenvalue weighted by atomic mass is 35.8. The summed E-state index contributed by atoms with van der Waals surface area (Å²) in [4.78, 5) is 11.0. The molecule has 6 heteroatoms. The lowest BCUT2D eigenvalue weighted by Crippen LogP contribution is -1.94. The number of carbonyl (C=O) groups is 1. The fourth-order valence-corrected chi connectivity index (χ4v) is 1.21. The Kier molecular flexibility index (Phi) is 8.28. The number of carbonyl (C=O) groups excluding carboxylic acids is 1. The van der Waals surface area contributed by atoms with E-state index >= 15 is 0 Å². The van der Waals surface area contributed by atoms with Gasteiger partial charge in [-0.15, -0.1) is 0 Å². The fraction of sp³-hybridized carbons (Fsp3) is 0.364. The molecule has 17 heavy (non-hydrogen) atoms. The predicted molar refractivity (Wildman–Crippen MR) is 75.5 cm³/mol. The maximum atomic E-state index is 11.0. The van der Waals surface area contributed by atoms with Crippen molar-refractivity contribution in [1.82, 2.24) is 0 Å². The van der Waals surface area contributed by atoms with Crippen LogP contribution in [0, 0.1) is 0 Å². The number of halogens is 3. The number of rotatable bonds is 2. The predicted octanol–water partition coefficient (Wildman–Crippen LogP) is 4.41. The molecule has 0 fully saturated rings. The molecule has 0 heterocycles. The summed E-state index contributed by atoms with van der Waals surface area (Å²) < 4.78 is 0. The fourth-order valence-electron chi connectivity index (χ4n) is 1.21. The minimum Gasteiger partial charge on any atom is -0.507 e. The molecule has 0 saturated heterocycles. The third-order valence-electron chi connectivity index (χ3n) is 2.07. The van der Waals surface area contributed by atoms with Crippen LogP contribution < -0.4 is 0 Å². The van der Waals surface area contributed by atoms with Gasteiger partial charge in [-0.3, -0.25) is 4.79 Å². The van der Waals surface area contributed by atoms with E-state index < -0.39 is 11.4 Å². The molecule has 0 aromatic heterocycles. The molecular formula is C11H14AlCl3O2. The maximum absolute atomic E-state index is 11.0. The number of Topliss-reactive ketones (excluding diaryl/α,β-unsaturated/α-hetero) is 1. The average Bonchev–Trinajstić information content (AvgIpc) is 2.15. The van der Waals surface area contributed by atoms with Gasteiger partial charge >= 0.3 is 11.4 Å². The SMILES string of the molecule is CC(=O)c1ccc(C(C)C)cc1O.[Cl][Al]([Cl])[Cl]. The second-order valence-electron chi connectivity index (χ2n) is 3.73. The largest absolute Gasteiger partial charge is 0.643 e. The zero-order valence-electron chi connectivity index (χ0n) is 9.88. The molecule has 1 rings (SSSR count). The molecule has 94 valence electrons. The van der Waals surface area contributed by atoms with Gasteiger partial charge in [0.05, 0.1) is 5.56 Å². The van der Waals surface area contributed by atoms with Gasteiger partial charge in [0.2, 0.25) is 0 Å². The maximum Gasteiger partial charge on any atom is 0.643 e. The van der Waals surface area contributed by atoms with Crippen molar-refractivity contribution in [2.24, 2.45) is 0 Å².